The Balaban J connectivity index is 1.84. The minimum Gasteiger partial charge on any atom is -0.378 e. The second-order valence-electron chi connectivity index (χ2n) is 5.01. The molecule has 1 atom stereocenters. The van der Waals surface area contributed by atoms with E-state index in [9.17, 15) is 14.3 Å². The van der Waals surface area contributed by atoms with E-state index in [1.54, 1.807) is 6.07 Å². The van der Waals surface area contributed by atoms with Crippen LogP contribution in [0.1, 0.15) is 20.8 Å². The van der Waals surface area contributed by atoms with E-state index in [-0.39, 0.29) is 12.1 Å². The second-order valence-corrected chi connectivity index (χ2v) is 6.74. The lowest BCUT2D eigenvalue weighted by molar-refractivity contribution is 0.0718. The maximum Gasteiger partial charge on any atom is 0.254 e. The monoisotopic (exact) mass is 347 g/mol. The number of nitrogens with one attached hydrogen (secondary N) is 1. The number of aliphatic hydroxyl groups is 1. The van der Waals surface area contributed by atoms with Crippen LogP contribution < -0.4 is 5.32 Å². The topological polar surface area (TPSA) is 49.3 Å². The van der Waals surface area contributed by atoms with Crippen molar-refractivity contribution in [2.75, 3.05) is 6.54 Å². The highest BCUT2D eigenvalue weighted by Crippen LogP contribution is 2.33. The zero-order valence-corrected chi connectivity index (χ0v) is 13.7. The van der Waals surface area contributed by atoms with E-state index in [0.29, 0.717) is 5.56 Å². The first-order chi connectivity index (χ1) is 11.1. The van der Waals surface area contributed by atoms with Crippen LogP contribution in [0.4, 0.5) is 4.39 Å². The molecule has 0 unspecified atom stereocenters. The molecule has 2 aromatic heterocycles. The normalized spacial score (nSPS) is 13.5. The Morgan fingerprint density at radius 2 is 2.00 bits per heavy atom. The van der Waals surface area contributed by atoms with Gasteiger partial charge >= 0.3 is 0 Å². The van der Waals surface area contributed by atoms with Gasteiger partial charge in [-0.05, 0) is 40.4 Å². The van der Waals surface area contributed by atoms with E-state index in [0.717, 1.165) is 4.88 Å². The Labute approximate surface area is 141 Å². The van der Waals surface area contributed by atoms with Crippen LogP contribution in [-0.2, 0) is 5.60 Å². The molecule has 118 valence electrons. The molecule has 0 spiro atoms. The van der Waals surface area contributed by atoms with Crippen LogP contribution in [0, 0.1) is 5.82 Å². The summed E-state index contributed by atoms with van der Waals surface area (Å²) in [6.07, 6.45) is 0. The zero-order valence-electron chi connectivity index (χ0n) is 12.0. The number of rotatable bonds is 5. The van der Waals surface area contributed by atoms with Crippen LogP contribution in [0.2, 0.25) is 0 Å². The first-order valence-electron chi connectivity index (χ1n) is 6.93. The lowest BCUT2D eigenvalue weighted by Crippen LogP contribution is -2.41. The van der Waals surface area contributed by atoms with Crippen molar-refractivity contribution in [3.63, 3.8) is 0 Å². The van der Waals surface area contributed by atoms with E-state index in [1.807, 2.05) is 34.3 Å². The van der Waals surface area contributed by atoms with Gasteiger partial charge in [-0.2, -0.15) is 11.3 Å². The van der Waals surface area contributed by atoms with Gasteiger partial charge < -0.3 is 10.4 Å². The van der Waals surface area contributed by atoms with E-state index in [1.165, 1.54) is 40.9 Å². The third kappa shape index (κ3) is 3.19. The fourth-order valence-electron chi connectivity index (χ4n) is 2.29. The van der Waals surface area contributed by atoms with Crippen LogP contribution in [0.15, 0.2) is 58.6 Å². The summed E-state index contributed by atoms with van der Waals surface area (Å²) in [6.45, 7) is -0.0303. The predicted octanol–water partition coefficient (Wildman–Crippen LogP) is 3.61. The number of carbonyl (C=O) groups is 1. The minimum atomic E-state index is -1.32. The first-order valence-corrected chi connectivity index (χ1v) is 8.75. The number of benzene rings is 1. The predicted molar refractivity (Wildman–Crippen MR) is 90.4 cm³/mol. The number of amides is 1. The summed E-state index contributed by atoms with van der Waals surface area (Å²) in [4.78, 5) is 12.9. The first kappa shape index (κ1) is 15.9. The van der Waals surface area contributed by atoms with Gasteiger partial charge in [0.15, 0.2) is 0 Å². The summed E-state index contributed by atoms with van der Waals surface area (Å²) >= 11 is 2.88. The summed E-state index contributed by atoms with van der Waals surface area (Å²) in [5.74, 6) is -1.13. The number of hydrogen-bond acceptors (Lipinski definition) is 4. The Bertz CT molecular complexity index is 751. The molecular weight excluding hydrogens is 333 g/mol. The molecule has 2 heterocycles. The molecule has 0 fully saturated rings. The van der Waals surface area contributed by atoms with Crippen LogP contribution >= 0.6 is 22.7 Å². The molecule has 0 radical (unpaired) electrons. The molecule has 0 aliphatic rings. The Morgan fingerprint density at radius 1 is 1.17 bits per heavy atom. The average Bonchev–Trinajstić information content (AvgIpc) is 3.25. The number of hydrogen-bond donors (Lipinski definition) is 2. The Hall–Kier alpha value is -2.02. The molecule has 0 saturated carbocycles. The summed E-state index contributed by atoms with van der Waals surface area (Å²) < 4.78 is 13.7. The third-order valence-corrected chi connectivity index (χ3v) is 5.25. The smallest absolute Gasteiger partial charge is 0.254 e. The maximum absolute atomic E-state index is 13.7. The Kier molecular flexibility index (Phi) is 4.56. The number of thiophene rings is 2. The van der Waals surface area contributed by atoms with Gasteiger partial charge in [0.2, 0.25) is 0 Å². The molecule has 23 heavy (non-hydrogen) atoms. The largest absolute Gasteiger partial charge is 0.378 e. The molecule has 3 aromatic rings. The van der Waals surface area contributed by atoms with Crippen molar-refractivity contribution in [1.29, 1.82) is 0 Å². The molecule has 1 amide bonds. The van der Waals surface area contributed by atoms with Crippen LogP contribution in [0.5, 0.6) is 0 Å². The Morgan fingerprint density at radius 3 is 2.65 bits per heavy atom. The van der Waals surface area contributed by atoms with Crippen LogP contribution in [-0.4, -0.2) is 17.6 Å². The fraction of sp³-hybridized carbons (Fsp3) is 0.118. The molecule has 6 heteroatoms. The molecule has 3 nitrogen and oxygen atoms in total. The molecule has 0 aliphatic carbocycles. The zero-order chi connectivity index (χ0) is 16.3. The molecule has 1 aromatic carbocycles. The van der Waals surface area contributed by atoms with Crippen molar-refractivity contribution in [3.05, 3.63) is 80.4 Å². The summed E-state index contributed by atoms with van der Waals surface area (Å²) in [5, 5.41) is 19.3. The van der Waals surface area contributed by atoms with Gasteiger partial charge in [-0.3, -0.25) is 4.79 Å². The molecule has 0 bridgehead atoms. The number of carbonyl (C=O) groups excluding carboxylic acids is 1. The highest BCUT2D eigenvalue weighted by molar-refractivity contribution is 7.10. The van der Waals surface area contributed by atoms with Gasteiger partial charge in [-0.1, -0.05) is 18.2 Å². The second kappa shape index (κ2) is 6.62. The van der Waals surface area contributed by atoms with E-state index in [2.05, 4.69) is 5.32 Å². The lowest BCUT2D eigenvalue weighted by atomic mass is 9.94. The lowest BCUT2D eigenvalue weighted by Gasteiger charge is -2.27. The molecule has 3 rings (SSSR count). The molecule has 2 N–H and O–H groups in total. The SMILES string of the molecule is O=C(NC[C@@](O)(c1ccsc1)c1cccs1)c1ccccc1F. The summed E-state index contributed by atoms with van der Waals surface area (Å²) in [6, 6.07) is 11.3. The van der Waals surface area contributed by atoms with Gasteiger partial charge in [0, 0.05) is 10.4 Å². The standard InChI is InChI=1S/C17H14FNO2S2/c18-14-5-2-1-4-13(14)16(20)19-11-17(21,12-7-9-22-10-12)15-6-3-8-23-15/h1-10,21H,11H2,(H,19,20)/t17-/m1/s1. The van der Waals surface area contributed by atoms with Gasteiger partial charge in [0.05, 0.1) is 12.1 Å². The van der Waals surface area contributed by atoms with Crippen molar-refractivity contribution < 1.29 is 14.3 Å². The number of halogens is 1. The third-order valence-electron chi connectivity index (χ3n) is 3.55. The van der Waals surface area contributed by atoms with Crippen LogP contribution in [0.3, 0.4) is 0 Å². The highest BCUT2D eigenvalue weighted by atomic mass is 32.1. The molecular formula is C17H14FNO2S2. The molecule has 0 saturated heterocycles. The van der Waals surface area contributed by atoms with Gasteiger partial charge in [-0.15, -0.1) is 11.3 Å². The van der Waals surface area contributed by atoms with E-state index in [4.69, 9.17) is 0 Å². The van der Waals surface area contributed by atoms with Gasteiger partial charge in [0.1, 0.15) is 11.4 Å². The van der Waals surface area contributed by atoms with E-state index >= 15 is 0 Å². The average molecular weight is 347 g/mol. The van der Waals surface area contributed by atoms with Crippen molar-refractivity contribution in [3.8, 4) is 0 Å². The van der Waals surface area contributed by atoms with Crippen molar-refractivity contribution >= 4 is 28.6 Å². The summed E-state index contributed by atoms with van der Waals surface area (Å²) in [7, 11) is 0. The van der Waals surface area contributed by atoms with Gasteiger partial charge in [-0.25, -0.2) is 4.39 Å². The van der Waals surface area contributed by atoms with Gasteiger partial charge in [0.25, 0.3) is 5.91 Å². The van der Waals surface area contributed by atoms with E-state index < -0.39 is 17.3 Å². The van der Waals surface area contributed by atoms with Crippen molar-refractivity contribution in [1.82, 2.24) is 5.32 Å². The molecule has 0 aliphatic heterocycles. The van der Waals surface area contributed by atoms with Crippen molar-refractivity contribution in [2.24, 2.45) is 0 Å². The maximum atomic E-state index is 13.7. The summed E-state index contributed by atoms with van der Waals surface area (Å²) in [5.41, 5.74) is -0.653. The quantitative estimate of drug-likeness (QED) is 0.741. The minimum absolute atomic E-state index is 0.0303. The highest BCUT2D eigenvalue weighted by Gasteiger charge is 2.33. The van der Waals surface area contributed by atoms with Crippen LogP contribution in [0.25, 0.3) is 0 Å². The fourth-order valence-corrected chi connectivity index (χ4v) is 3.86. The van der Waals surface area contributed by atoms with Crippen molar-refractivity contribution in [2.45, 2.75) is 5.60 Å².